The van der Waals surface area contributed by atoms with Crippen molar-refractivity contribution in [3.8, 4) is 5.75 Å². The molecule has 7 heteroatoms. The van der Waals surface area contributed by atoms with Crippen molar-refractivity contribution in [2.75, 3.05) is 26.7 Å². The molecule has 1 fully saturated rings. The zero-order valence-corrected chi connectivity index (χ0v) is 15.7. The zero-order valence-electron chi connectivity index (χ0n) is 14.0. The Bertz CT molecular complexity index is 601. The molecule has 1 heterocycles. The summed E-state index contributed by atoms with van der Waals surface area (Å²) in [4.78, 5) is 0.359. The number of rotatable bonds is 6. The predicted octanol–water partition coefficient (Wildman–Crippen LogP) is 2.58. The highest BCUT2D eigenvalue weighted by Crippen LogP contribution is 2.26. The van der Waals surface area contributed by atoms with Crippen LogP contribution in [0.15, 0.2) is 23.1 Å². The first kappa shape index (κ1) is 20.2. The van der Waals surface area contributed by atoms with Crippen molar-refractivity contribution in [3.63, 3.8) is 0 Å². The van der Waals surface area contributed by atoms with Gasteiger partial charge in [0.15, 0.2) is 0 Å². The van der Waals surface area contributed by atoms with Gasteiger partial charge < -0.3 is 10.1 Å². The summed E-state index contributed by atoms with van der Waals surface area (Å²) in [6.07, 6.45) is 2.56. The molecule has 2 rings (SSSR count). The molecule has 0 spiro atoms. The van der Waals surface area contributed by atoms with Gasteiger partial charge in [0.25, 0.3) is 0 Å². The molecule has 132 valence electrons. The molecular weight excluding hydrogens is 336 g/mol. The van der Waals surface area contributed by atoms with Gasteiger partial charge in [-0.15, -0.1) is 12.4 Å². The number of nitrogens with one attached hydrogen (secondary N) is 1. The van der Waals surface area contributed by atoms with Crippen LogP contribution in [0.1, 0.15) is 31.7 Å². The number of ether oxygens (including phenoxy) is 1. The smallest absolute Gasteiger partial charge is 0.243 e. The fourth-order valence-electron chi connectivity index (χ4n) is 2.96. The van der Waals surface area contributed by atoms with Gasteiger partial charge in [0, 0.05) is 12.6 Å². The van der Waals surface area contributed by atoms with Crippen molar-refractivity contribution < 1.29 is 13.2 Å². The maximum Gasteiger partial charge on any atom is 0.243 e. The molecule has 1 aliphatic heterocycles. The van der Waals surface area contributed by atoms with E-state index in [1.165, 1.54) is 0 Å². The van der Waals surface area contributed by atoms with E-state index in [1.807, 2.05) is 13.8 Å². The van der Waals surface area contributed by atoms with Crippen LogP contribution in [-0.2, 0) is 10.0 Å². The quantitative estimate of drug-likeness (QED) is 0.845. The molecular formula is C16H27ClN2O3S. The molecule has 0 saturated carbocycles. The summed E-state index contributed by atoms with van der Waals surface area (Å²) >= 11 is 0. The van der Waals surface area contributed by atoms with Crippen molar-refractivity contribution in [1.29, 1.82) is 0 Å². The van der Waals surface area contributed by atoms with Crippen LogP contribution in [0, 0.1) is 6.92 Å². The van der Waals surface area contributed by atoms with E-state index in [2.05, 4.69) is 5.32 Å². The molecule has 5 nitrogen and oxygen atoms in total. The minimum atomic E-state index is -3.46. The Morgan fingerprint density at radius 3 is 2.48 bits per heavy atom. The molecule has 0 radical (unpaired) electrons. The Balaban J connectivity index is 0.00000264. The van der Waals surface area contributed by atoms with Crippen LogP contribution in [0.3, 0.4) is 0 Å². The first-order valence-electron chi connectivity index (χ1n) is 7.88. The number of sulfonamides is 1. The Hall–Kier alpha value is -0.820. The number of hydrogen-bond acceptors (Lipinski definition) is 4. The molecule has 23 heavy (non-hydrogen) atoms. The molecule has 0 amide bonds. The number of halogens is 1. The molecule has 0 atom stereocenters. The van der Waals surface area contributed by atoms with Gasteiger partial charge in [-0.1, -0.05) is 6.92 Å². The lowest BCUT2D eigenvalue weighted by Gasteiger charge is -2.33. The maximum absolute atomic E-state index is 13.0. The van der Waals surface area contributed by atoms with Crippen LogP contribution in [-0.4, -0.2) is 45.5 Å². The lowest BCUT2D eigenvalue weighted by Crippen LogP contribution is -2.46. The standard InChI is InChI=1S/C16H26N2O3S.ClH/c1-4-11-18(14-7-9-17-10-8-14)22(19,20)15-5-6-16(21-3)13(2)12-15;/h5-6,12,14,17H,4,7-11H2,1-3H3;1H. The second-order valence-electron chi connectivity index (χ2n) is 5.73. The number of hydrogen-bond donors (Lipinski definition) is 1. The fraction of sp³-hybridized carbons (Fsp3) is 0.625. The van der Waals surface area contributed by atoms with E-state index < -0.39 is 10.0 Å². The van der Waals surface area contributed by atoms with Crippen LogP contribution in [0.25, 0.3) is 0 Å². The third kappa shape index (κ3) is 4.59. The number of nitrogens with zero attached hydrogens (tertiary/aromatic N) is 1. The summed E-state index contributed by atoms with van der Waals surface area (Å²) < 4.78 is 33.0. The van der Waals surface area contributed by atoms with Crippen LogP contribution in [0.2, 0.25) is 0 Å². The van der Waals surface area contributed by atoms with Crippen LogP contribution in [0.5, 0.6) is 5.75 Å². The average Bonchev–Trinajstić information content (AvgIpc) is 2.53. The van der Waals surface area contributed by atoms with E-state index in [0.29, 0.717) is 17.2 Å². The maximum atomic E-state index is 13.0. The Labute approximate surface area is 145 Å². The molecule has 1 aromatic rings. The molecule has 1 aliphatic rings. The van der Waals surface area contributed by atoms with Gasteiger partial charge in [0.2, 0.25) is 10.0 Å². The molecule has 0 unspecified atom stereocenters. The van der Waals surface area contributed by atoms with Crippen LogP contribution in [0.4, 0.5) is 0 Å². The van der Waals surface area contributed by atoms with E-state index in [1.54, 1.807) is 29.6 Å². The van der Waals surface area contributed by atoms with Crippen molar-refractivity contribution >= 4 is 22.4 Å². The molecule has 1 N–H and O–H groups in total. The number of methoxy groups -OCH3 is 1. The Morgan fingerprint density at radius 2 is 1.96 bits per heavy atom. The second-order valence-corrected chi connectivity index (χ2v) is 7.62. The summed E-state index contributed by atoms with van der Waals surface area (Å²) in [6.45, 7) is 6.21. The Morgan fingerprint density at radius 1 is 1.30 bits per heavy atom. The molecule has 0 aliphatic carbocycles. The van der Waals surface area contributed by atoms with Crippen LogP contribution < -0.4 is 10.1 Å². The van der Waals surface area contributed by atoms with Gasteiger partial charge in [-0.3, -0.25) is 0 Å². The van der Waals surface area contributed by atoms with Gasteiger partial charge in [-0.2, -0.15) is 4.31 Å². The SMILES string of the molecule is CCCN(C1CCNCC1)S(=O)(=O)c1ccc(OC)c(C)c1.Cl. The van der Waals surface area contributed by atoms with E-state index >= 15 is 0 Å². The summed E-state index contributed by atoms with van der Waals surface area (Å²) in [6, 6.07) is 5.17. The summed E-state index contributed by atoms with van der Waals surface area (Å²) in [5.74, 6) is 0.711. The zero-order chi connectivity index (χ0) is 16.2. The van der Waals surface area contributed by atoms with E-state index in [-0.39, 0.29) is 18.4 Å². The number of piperidine rings is 1. The van der Waals surface area contributed by atoms with Gasteiger partial charge in [0.1, 0.15) is 5.75 Å². The largest absolute Gasteiger partial charge is 0.496 e. The van der Waals surface area contributed by atoms with Gasteiger partial charge in [-0.25, -0.2) is 8.42 Å². The first-order chi connectivity index (χ1) is 10.5. The molecule has 0 aromatic heterocycles. The van der Waals surface area contributed by atoms with E-state index in [0.717, 1.165) is 37.9 Å². The Kier molecular flexibility index (Phi) is 7.80. The molecule has 1 saturated heterocycles. The first-order valence-corrected chi connectivity index (χ1v) is 9.32. The summed E-state index contributed by atoms with van der Waals surface area (Å²) in [7, 11) is -1.87. The van der Waals surface area contributed by atoms with Crippen molar-refractivity contribution in [3.05, 3.63) is 23.8 Å². The summed E-state index contributed by atoms with van der Waals surface area (Å²) in [5, 5.41) is 3.29. The molecule has 1 aromatic carbocycles. The highest BCUT2D eigenvalue weighted by molar-refractivity contribution is 7.89. The van der Waals surface area contributed by atoms with Gasteiger partial charge >= 0.3 is 0 Å². The average molecular weight is 363 g/mol. The highest BCUT2D eigenvalue weighted by Gasteiger charge is 2.31. The second kappa shape index (κ2) is 8.87. The monoisotopic (exact) mass is 362 g/mol. The highest BCUT2D eigenvalue weighted by atomic mass is 35.5. The fourth-order valence-corrected chi connectivity index (χ4v) is 4.82. The third-order valence-electron chi connectivity index (χ3n) is 4.13. The van der Waals surface area contributed by atoms with E-state index in [9.17, 15) is 8.42 Å². The van der Waals surface area contributed by atoms with Gasteiger partial charge in [0.05, 0.1) is 12.0 Å². The predicted molar refractivity (Wildman–Crippen MR) is 95.1 cm³/mol. The summed E-state index contributed by atoms with van der Waals surface area (Å²) in [5.41, 5.74) is 0.838. The minimum Gasteiger partial charge on any atom is -0.496 e. The minimum absolute atomic E-state index is 0. The molecule has 0 bridgehead atoms. The van der Waals surface area contributed by atoms with Crippen molar-refractivity contribution in [2.45, 2.75) is 44.0 Å². The normalized spacial score (nSPS) is 16.2. The third-order valence-corrected chi connectivity index (χ3v) is 6.08. The number of aryl methyl sites for hydroxylation is 1. The lowest BCUT2D eigenvalue weighted by molar-refractivity contribution is 0.262. The lowest BCUT2D eigenvalue weighted by atomic mass is 10.1. The topological polar surface area (TPSA) is 58.6 Å². The van der Waals surface area contributed by atoms with Crippen LogP contribution >= 0.6 is 12.4 Å². The van der Waals surface area contributed by atoms with Gasteiger partial charge in [-0.05, 0) is 63.0 Å². The van der Waals surface area contributed by atoms with Crippen molar-refractivity contribution in [2.24, 2.45) is 0 Å². The van der Waals surface area contributed by atoms with Crippen molar-refractivity contribution in [1.82, 2.24) is 9.62 Å². The number of benzene rings is 1. The van der Waals surface area contributed by atoms with E-state index in [4.69, 9.17) is 4.74 Å².